The number of carboxylic acid groups (broad SMARTS) is 1. The highest BCUT2D eigenvalue weighted by Crippen LogP contribution is 2.21. The van der Waals surface area contributed by atoms with E-state index in [1.165, 1.54) is 30.9 Å². The van der Waals surface area contributed by atoms with E-state index in [-0.39, 0.29) is 31.1 Å². The number of unbranched alkanes of at least 4 members (excludes halogenated alkanes) is 1. The lowest BCUT2D eigenvalue weighted by atomic mass is 9.99. The molecule has 0 unspecified atom stereocenters. The number of carbonyl (C=O) groups is 7. The predicted molar refractivity (Wildman–Crippen MR) is 187 cm³/mol. The second-order valence-corrected chi connectivity index (χ2v) is 13.0. The monoisotopic (exact) mass is 718 g/mol. The number of carbonyl (C=O) groups excluding carboxylic acids is 6. The van der Waals surface area contributed by atoms with E-state index >= 15 is 0 Å². The maximum absolute atomic E-state index is 14.0. The van der Waals surface area contributed by atoms with Crippen LogP contribution in [-0.2, 0) is 40.0 Å². The number of carboxylic acids is 1. The summed E-state index contributed by atoms with van der Waals surface area (Å²) in [6.45, 7) is 6.49. The van der Waals surface area contributed by atoms with Gasteiger partial charge in [-0.2, -0.15) is 0 Å². The van der Waals surface area contributed by atoms with E-state index in [2.05, 4.69) is 26.6 Å². The van der Waals surface area contributed by atoms with Gasteiger partial charge in [-0.25, -0.2) is 0 Å². The van der Waals surface area contributed by atoms with Gasteiger partial charge in [0.1, 0.15) is 42.5 Å². The number of hydrogen-bond acceptors (Lipinski definition) is 10. The van der Waals surface area contributed by atoms with E-state index in [1.54, 1.807) is 12.1 Å². The molecule has 51 heavy (non-hydrogen) atoms. The van der Waals surface area contributed by atoms with Crippen LogP contribution >= 0.6 is 0 Å². The van der Waals surface area contributed by atoms with Crippen molar-refractivity contribution in [3.8, 4) is 5.75 Å². The first-order chi connectivity index (χ1) is 24.1. The highest BCUT2D eigenvalue weighted by atomic mass is 16.4. The van der Waals surface area contributed by atoms with Gasteiger partial charge in [0.05, 0.1) is 6.04 Å². The average Bonchev–Trinajstić information content (AvgIpc) is 3.60. The fourth-order valence-corrected chi connectivity index (χ4v) is 5.48. The van der Waals surface area contributed by atoms with Crippen LogP contribution in [0.2, 0.25) is 0 Å². The topological polar surface area (TPSA) is 275 Å². The van der Waals surface area contributed by atoms with Gasteiger partial charge in [0.2, 0.25) is 35.4 Å². The molecule has 7 atom stereocenters. The number of nitrogens with zero attached hydrogens (tertiary/aromatic N) is 1. The summed E-state index contributed by atoms with van der Waals surface area (Å²) >= 11 is 0. The maximum atomic E-state index is 14.0. The maximum Gasteiger partial charge on any atom is 0.322 e. The molecular weight excluding hydrogens is 664 g/mol. The van der Waals surface area contributed by atoms with Crippen molar-refractivity contribution in [2.75, 3.05) is 19.6 Å². The molecule has 0 aromatic heterocycles. The molecule has 1 aromatic rings. The van der Waals surface area contributed by atoms with Gasteiger partial charge in [-0.15, -0.1) is 0 Å². The van der Waals surface area contributed by atoms with Crippen LogP contribution in [0.3, 0.4) is 0 Å². The molecule has 1 aromatic carbocycles. The van der Waals surface area contributed by atoms with Gasteiger partial charge in [-0.3, -0.25) is 33.6 Å². The molecule has 0 bridgehead atoms. The van der Waals surface area contributed by atoms with Crippen molar-refractivity contribution in [1.29, 1.82) is 0 Å². The number of amides is 6. The Morgan fingerprint density at radius 1 is 0.863 bits per heavy atom. The molecular formula is C34H54N8O9. The van der Waals surface area contributed by atoms with Crippen LogP contribution in [0.15, 0.2) is 24.3 Å². The third-order valence-corrected chi connectivity index (χ3v) is 8.89. The summed E-state index contributed by atoms with van der Waals surface area (Å²) in [6.07, 6.45) is 2.61. The van der Waals surface area contributed by atoms with Crippen molar-refractivity contribution in [3.63, 3.8) is 0 Å². The molecule has 0 saturated carbocycles. The number of aliphatic carboxylic acids is 1. The Morgan fingerprint density at radius 2 is 1.49 bits per heavy atom. The van der Waals surface area contributed by atoms with Crippen molar-refractivity contribution in [2.24, 2.45) is 17.4 Å². The molecule has 1 aliphatic rings. The zero-order chi connectivity index (χ0) is 38.2. The lowest BCUT2D eigenvalue weighted by Gasteiger charge is -2.30. The van der Waals surface area contributed by atoms with Crippen molar-refractivity contribution in [3.05, 3.63) is 29.8 Å². The SMILES string of the molecule is CC[C@H](C)[C@H](N)C(=O)N[C@@H](C)C(=O)N[C@@H](Cc1ccc(O)cc1)C(=O)N[C@@H](CCCCN)C(=O)N1CCC[C@H]1C(=O)N[C@@H](C)C(=O)NCC(=O)O. The van der Waals surface area contributed by atoms with Gasteiger partial charge in [-0.1, -0.05) is 32.4 Å². The van der Waals surface area contributed by atoms with Gasteiger partial charge in [0.15, 0.2) is 0 Å². The van der Waals surface area contributed by atoms with Gasteiger partial charge >= 0.3 is 5.97 Å². The van der Waals surface area contributed by atoms with Gasteiger partial charge < -0.3 is 53.2 Å². The third kappa shape index (κ3) is 13.5. The minimum absolute atomic E-state index is 0.00261. The Hall–Kier alpha value is -4.77. The Balaban J connectivity index is 2.27. The highest BCUT2D eigenvalue weighted by molar-refractivity contribution is 5.97. The molecule has 2 rings (SSSR count). The number of hydrogen-bond donors (Lipinski definition) is 9. The number of nitrogens with two attached hydrogens (primary N) is 2. The summed E-state index contributed by atoms with van der Waals surface area (Å²) in [5, 5.41) is 31.3. The number of aromatic hydroxyl groups is 1. The molecule has 6 amide bonds. The smallest absolute Gasteiger partial charge is 0.322 e. The first-order valence-corrected chi connectivity index (χ1v) is 17.3. The van der Waals surface area contributed by atoms with E-state index < -0.39 is 84.2 Å². The fourth-order valence-electron chi connectivity index (χ4n) is 5.48. The summed E-state index contributed by atoms with van der Waals surface area (Å²) in [5.74, 6) is -5.09. The van der Waals surface area contributed by atoms with E-state index in [1.807, 2.05) is 13.8 Å². The van der Waals surface area contributed by atoms with Crippen LogP contribution in [0.25, 0.3) is 0 Å². The summed E-state index contributed by atoms with van der Waals surface area (Å²) < 4.78 is 0. The molecule has 0 spiro atoms. The number of rotatable bonds is 20. The molecule has 284 valence electrons. The fraction of sp³-hybridized carbons (Fsp3) is 0.618. The summed E-state index contributed by atoms with van der Waals surface area (Å²) in [6, 6.07) is -0.194. The Labute approximate surface area is 298 Å². The molecule has 17 nitrogen and oxygen atoms in total. The summed E-state index contributed by atoms with van der Waals surface area (Å²) in [7, 11) is 0. The highest BCUT2D eigenvalue weighted by Gasteiger charge is 2.39. The number of phenolic OH excluding ortho intramolecular Hbond substituents is 1. The molecule has 0 radical (unpaired) electrons. The molecule has 1 fully saturated rings. The molecule has 17 heteroatoms. The number of nitrogens with one attached hydrogen (secondary N) is 5. The minimum atomic E-state index is -1.25. The van der Waals surface area contributed by atoms with E-state index in [0.29, 0.717) is 44.2 Å². The Kier molecular flexibility index (Phi) is 17.3. The molecule has 1 saturated heterocycles. The lowest BCUT2D eigenvalue weighted by molar-refractivity contribution is -0.142. The zero-order valence-electron chi connectivity index (χ0n) is 29.8. The Morgan fingerprint density at radius 3 is 2.10 bits per heavy atom. The molecule has 11 N–H and O–H groups in total. The predicted octanol–water partition coefficient (Wildman–Crippen LogP) is -1.39. The van der Waals surface area contributed by atoms with Gasteiger partial charge in [0, 0.05) is 13.0 Å². The van der Waals surface area contributed by atoms with Crippen molar-refractivity contribution < 1.29 is 43.8 Å². The molecule has 1 heterocycles. The first kappa shape index (κ1) is 42.4. The van der Waals surface area contributed by atoms with Gasteiger partial charge in [-0.05, 0) is 76.1 Å². The molecule has 0 aliphatic carbocycles. The average molecular weight is 719 g/mol. The van der Waals surface area contributed by atoms with Gasteiger partial charge in [0.25, 0.3) is 0 Å². The second-order valence-electron chi connectivity index (χ2n) is 13.0. The van der Waals surface area contributed by atoms with Crippen LogP contribution in [-0.4, -0.2) is 112 Å². The lowest BCUT2D eigenvalue weighted by Crippen LogP contribution is -2.59. The number of likely N-dealkylation sites (tertiary alicyclic amines) is 1. The standard InChI is InChI=1S/C34H54N8O9/c1-5-19(2)28(36)33(50)39-21(4)30(47)41-25(17-22-11-13-23(43)14-12-22)31(48)40-24(9-6-7-15-35)34(51)42-16-8-10-26(42)32(49)38-20(3)29(46)37-18-27(44)45/h11-14,19-21,24-26,28,43H,5-10,15-18,35-36H2,1-4H3,(H,37,46)(H,38,49)(H,39,50)(H,40,48)(H,41,47)(H,44,45)/t19-,20-,21-,24-,25-,26-,28-/m0/s1. The van der Waals surface area contributed by atoms with Crippen LogP contribution < -0.4 is 38.1 Å². The molecule has 1 aliphatic heterocycles. The zero-order valence-corrected chi connectivity index (χ0v) is 29.8. The summed E-state index contributed by atoms with van der Waals surface area (Å²) in [4.78, 5) is 91.4. The minimum Gasteiger partial charge on any atom is -0.508 e. The van der Waals surface area contributed by atoms with Crippen LogP contribution in [0.1, 0.15) is 71.8 Å². The third-order valence-electron chi connectivity index (χ3n) is 8.89. The van der Waals surface area contributed by atoms with Crippen LogP contribution in [0.5, 0.6) is 5.75 Å². The van der Waals surface area contributed by atoms with E-state index in [9.17, 15) is 38.7 Å². The summed E-state index contributed by atoms with van der Waals surface area (Å²) in [5.41, 5.74) is 12.3. The van der Waals surface area contributed by atoms with E-state index in [4.69, 9.17) is 16.6 Å². The quantitative estimate of drug-likeness (QED) is 0.0708. The van der Waals surface area contributed by atoms with Crippen LogP contribution in [0.4, 0.5) is 0 Å². The second kappa shape index (κ2) is 20.8. The van der Waals surface area contributed by atoms with E-state index in [0.717, 1.165) is 0 Å². The first-order valence-electron chi connectivity index (χ1n) is 17.3. The van der Waals surface area contributed by atoms with Crippen molar-refractivity contribution in [1.82, 2.24) is 31.5 Å². The van der Waals surface area contributed by atoms with Crippen molar-refractivity contribution in [2.45, 2.75) is 109 Å². The van der Waals surface area contributed by atoms with Crippen molar-refractivity contribution >= 4 is 41.4 Å². The number of benzene rings is 1. The normalized spacial score (nSPS) is 17.5. The Bertz CT molecular complexity index is 1380. The van der Waals surface area contributed by atoms with Crippen LogP contribution in [0, 0.1) is 5.92 Å². The number of phenols is 1. The largest absolute Gasteiger partial charge is 0.508 e.